The third-order valence-electron chi connectivity index (χ3n) is 3.94. The van der Waals surface area contributed by atoms with Gasteiger partial charge in [0.2, 0.25) is 0 Å². The van der Waals surface area contributed by atoms with E-state index in [4.69, 9.17) is 5.11 Å². The predicted octanol–water partition coefficient (Wildman–Crippen LogP) is 1.93. The van der Waals surface area contributed by atoms with Crippen molar-refractivity contribution in [2.75, 3.05) is 19.6 Å². The second kappa shape index (κ2) is 5.49. The van der Waals surface area contributed by atoms with Crippen molar-refractivity contribution in [1.82, 2.24) is 9.80 Å². The molecule has 0 bridgehead atoms. The van der Waals surface area contributed by atoms with Gasteiger partial charge in [-0.1, -0.05) is 0 Å². The maximum absolute atomic E-state index is 12.7. The molecule has 2 rings (SSSR count). The number of amides is 2. The number of nitrogens with zero attached hydrogens (tertiary/aromatic N) is 2. The number of aliphatic carboxylic acids is 1. The number of hydrogen-bond acceptors (Lipinski definition) is 2. The van der Waals surface area contributed by atoms with Gasteiger partial charge < -0.3 is 14.9 Å². The summed E-state index contributed by atoms with van der Waals surface area (Å²) in [6.45, 7) is 0.183. The standard InChI is InChI=1S/C12H17F3N2O3/c13-12(14,15)8-3-1-5-16(7-8)11(20)17-6-2-4-9(17)10(18)19/h8-9H,1-7H2,(H,18,19)/t8?,9-/m1/s1. The molecule has 2 atom stereocenters. The van der Waals surface area contributed by atoms with Crippen molar-refractivity contribution in [3.63, 3.8) is 0 Å². The molecule has 8 heteroatoms. The fraction of sp³-hybridized carbons (Fsp3) is 0.833. The maximum atomic E-state index is 12.7. The van der Waals surface area contributed by atoms with Gasteiger partial charge in [-0.3, -0.25) is 0 Å². The molecule has 1 N–H and O–H groups in total. The number of likely N-dealkylation sites (tertiary alicyclic amines) is 2. The molecule has 20 heavy (non-hydrogen) atoms. The number of alkyl halides is 3. The summed E-state index contributed by atoms with van der Waals surface area (Å²) in [7, 11) is 0. The Morgan fingerprint density at radius 3 is 2.35 bits per heavy atom. The summed E-state index contributed by atoms with van der Waals surface area (Å²) in [4.78, 5) is 25.6. The minimum absolute atomic E-state index is 0.0235. The van der Waals surface area contributed by atoms with E-state index in [2.05, 4.69) is 0 Å². The lowest BCUT2D eigenvalue weighted by molar-refractivity contribution is -0.184. The van der Waals surface area contributed by atoms with Crippen LogP contribution in [-0.4, -0.2) is 58.8 Å². The van der Waals surface area contributed by atoms with E-state index >= 15 is 0 Å². The second-order valence-electron chi connectivity index (χ2n) is 5.30. The summed E-state index contributed by atoms with van der Waals surface area (Å²) in [6.07, 6.45) is -3.07. The highest BCUT2D eigenvalue weighted by atomic mass is 19.4. The van der Waals surface area contributed by atoms with Crippen molar-refractivity contribution in [3.8, 4) is 0 Å². The molecule has 1 unspecified atom stereocenters. The van der Waals surface area contributed by atoms with Crippen molar-refractivity contribution in [2.45, 2.75) is 37.9 Å². The Kier molecular flexibility index (Phi) is 4.10. The molecule has 114 valence electrons. The molecular formula is C12H17F3N2O3. The Morgan fingerprint density at radius 2 is 1.75 bits per heavy atom. The third-order valence-corrected chi connectivity index (χ3v) is 3.94. The monoisotopic (exact) mass is 294 g/mol. The van der Waals surface area contributed by atoms with Gasteiger partial charge >= 0.3 is 18.2 Å². The summed E-state index contributed by atoms with van der Waals surface area (Å²) in [5.41, 5.74) is 0. The van der Waals surface area contributed by atoms with E-state index in [1.165, 1.54) is 4.90 Å². The number of urea groups is 1. The minimum Gasteiger partial charge on any atom is -0.480 e. The van der Waals surface area contributed by atoms with E-state index in [-0.39, 0.29) is 19.5 Å². The SMILES string of the molecule is O=C(O)[C@H]1CCCN1C(=O)N1CCCC(C(F)(F)F)C1. The molecule has 0 aromatic heterocycles. The van der Waals surface area contributed by atoms with E-state index < -0.39 is 30.1 Å². The first-order chi connectivity index (χ1) is 9.30. The van der Waals surface area contributed by atoms with Gasteiger partial charge in [-0.05, 0) is 25.7 Å². The molecule has 0 saturated carbocycles. The van der Waals surface area contributed by atoms with Gasteiger partial charge in [-0.2, -0.15) is 13.2 Å². The lowest BCUT2D eigenvalue weighted by Crippen LogP contribution is -2.52. The molecule has 0 radical (unpaired) electrons. The van der Waals surface area contributed by atoms with E-state index in [0.29, 0.717) is 25.8 Å². The van der Waals surface area contributed by atoms with Crippen LogP contribution >= 0.6 is 0 Å². The molecule has 2 saturated heterocycles. The van der Waals surface area contributed by atoms with Crippen LogP contribution in [0.1, 0.15) is 25.7 Å². The Bertz CT molecular complexity index is 400. The summed E-state index contributed by atoms with van der Waals surface area (Å²) in [6, 6.07) is -1.49. The third kappa shape index (κ3) is 2.99. The largest absolute Gasteiger partial charge is 0.480 e. The van der Waals surface area contributed by atoms with Crippen LogP contribution in [0.5, 0.6) is 0 Å². The average molecular weight is 294 g/mol. The van der Waals surface area contributed by atoms with Gasteiger partial charge in [-0.25, -0.2) is 9.59 Å². The highest BCUT2D eigenvalue weighted by Crippen LogP contribution is 2.33. The topological polar surface area (TPSA) is 60.9 Å². The number of halogens is 3. The Hall–Kier alpha value is -1.47. The zero-order chi connectivity index (χ0) is 14.9. The zero-order valence-corrected chi connectivity index (χ0v) is 10.9. The number of hydrogen-bond donors (Lipinski definition) is 1. The van der Waals surface area contributed by atoms with Gasteiger partial charge in [0.15, 0.2) is 0 Å². The van der Waals surface area contributed by atoms with Crippen molar-refractivity contribution >= 4 is 12.0 Å². The highest BCUT2D eigenvalue weighted by molar-refractivity contribution is 5.83. The van der Waals surface area contributed by atoms with E-state index in [0.717, 1.165) is 4.90 Å². The lowest BCUT2D eigenvalue weighted by Gasteiger charge is -2.36. The Labute approximate surface area is 114 Å². The van der Waals surface area contributed by atoms with E-state index in [1.807, 2.05) is 0 Å². The molecule has 2 amide bonds. The summed E-state index contributed by atoms with van der Waals surface area (Å²) in [5.74, 6) is -2.61. The zero-order valence-electron chi connectivity index (χ0n) is 10.9. The molecule has 0 aromatic carbocycles. The molecule has 2 heterocycles. The van der Waals surface area contributed by atoms with E-state index in [1.54, 1.807) is 0 Å². The molecule has 2 fully saturated rings. The molecule has 2 aliphatic rings. The first-order valence-corrected chi connectivity index (χ1v) is 6.65. The molecule has 5 nitrogen and oxygen atoms in total. The van der Waals surface area contributed by atoms with Crippen LogP contribution in [0.4, 0.5) is 18.0 Å². The van der Waals surface area contributed by atoms with Gasteiger partial charge in [0.05, 0.1) is 5.92 Å². The number of carbonyl (C=O) groups excluding carboxylic acids is 1. The molecule has 0 aliphatic carbocycles. The number of carbonyl (C=O) groups is 2. The van der Waals surface area contributed by atoms with Gasteiger partial charge in [0.25, 0.3) is 0 Å². The molecule has 0 spiro atoms. The van der Waals surface area contributed by atoms with Gasteiger partial charge in [0, 0.05) is 19.6 Å². The Morgan fingerprint density at radius 1 is 1.10 bits per heavy atom. The normalized spacial score (nSPS) is 27.8. The van der Waals surface area contributed by atoms with Crippen LogP contribution < -0.4 is 0 Å². The summed E-state index contributed by atoms with van der Waals surface area (Å²) in [5, 5.41) is 9.02. The van der Waals surface area contributed by atoms with Crippen LogP contribution in [0.15, 0.2) is 0 Å². The van der Waals surface area contributed by atoms with Crippen LogP contribution in [-0.2, 0) is 4.79 Å². The number of carboxylic acid groups (broad SMARTS) is 1. The number of rotatable bonds is 1. The average Bonchev–Trinajstić information content (AvgIpc) is 2.86. The first kappa shape index (κ1) is 14.9. The van der Waals surface area contributed by atoms with E-state index in [9.17, 15) is 22.8 Å². The number of piperidine rings is 1. The van der Waals surface area contributed by atoms with Crippen molar-refractivity contribution < 1.29 is 27.9 Å². The highest BCUT2D eigenvalue weighted by Gasteiger charge is 2.44. The predicted molar refractivity (Wildman–Crippen MR) is 63.1 cm³/mol. The van der Waals surface area contributed by atoms with Crippen LogP contribution in [0.25, 0.3) is 0 Å². The molecule has 0 aromatic rings. The summed E-state index contributed by atoms with van der Waals surface area (Å²) < 4.78 is 38.1. The van der Waals surface area contributed by atoms with Crippen molar-refractivity contribution in [3.05, 3.63) is 0 Å². The van der Waals surface area contributed by atoms with Crippen LogP contribution in [0.3, 0.4) is 0 Å². The van der Waals surface area contributed by atoms with Gasteiger partial charge in [-0.15, -0.1) is 0 Å². The number of carboxylic acids is 1. The molecular weight excluding hydrogens is 277 g/mol. The van der Waals surface area contributed by atoms with Crippen LogP contribution in [0, 0.1) is 5.92 Å². The fourth-order valence-corrected chi connectivity index (χ4v) is 2.85. The van der Waals surface area contributed by atoms with Crippen LogP contribution in [0.2, 0.25) is 0 Å². The quantitative estimate of drug-likeness (QED) is 0.804. The fourth-order valence-electron chi connectivity index (χ4n) is 2.85. The maximum Gasteiger partial charge on any atom is 0.393 e. The van der Waals surface area contributed by atoms with Crippen molar-refractivity contribution in [1.29, 1.82) is 0 Å². The van der Waals surface area contributed by atoms with Gasteiger partial charge in [0.1, 0.15) is 6.04 Å². The smallest absolute Gasteiger partial charge is 0.393 e. The first-order valence-electron chi connectivity index (χ1n) is 6.65. The lowest BCUT2D eigenvalue weighted by atomic mass is 9.98. The molecule has 2 aliphatic heterocycles. The Balaban J connectivity index is 2.03. The second-order valence-corrected chi connectivity index (χ2v) is 5.30. The van der Waals surface area contributed by atoms with Crippen molar-refractivity contribution in [2.24, 2.45) is 5.92 Å². The minimum atomic E-state index is -4.31. The summed E-state index contributed by atoms with van der Waals surface area (Å²) >= 11 is 0.